The molecule has 1 unspecified atom stereocenters. The van der Waals surface area contributed by atoms with Gasteiger partial charge in [-0.05, 0) is 69.1 Å². The van der Waals surface area contributed by atoms with Gasteiger partial charge in [0.2, 0.25) is 0 Å². The number of nitrogens with zero attached hydrogens (tertiary/aromatic N) is 1. The van der Waals surface area contributed by atoms with Crippen LogP contribution >= 0.6 is 18.7 Å². The molecular formula is C23H27N2O3PS. The quantitative estimate of drug-likeness (QED) is 0.600. The van der Waals surface area contributed by atoms with Crippen LogP contribution in [-0.4, -0.2) is 32.3 Å². The fraction of sp³-hybridized carbons (Fsp3) is 0.435. The van der Waals surface area contributed by atoms with Gasteiger partial charge in [0.15, 0.2) is 0 Å². The van der Waals surface area contributed by atoms with E-state index in [1.165, 1.54) is 23.3 Å². The molecule has 0 aromatic heterocycles. The molecule has 1 amide bonds. The molecule has 2 aliphatic heterocycles. The van der Waals surface area contributed by atoms with Crippen LogP contribution in [0.25, 0.3) is 0 Å². The summed E-state index contributed by atoms with van der Waals surface area (Å²) in [6.45, 7) is 6.16. The van der Waals surface area contributed by atoms with Crippen LogP contribution < -0.4 is 9.99 Å². The van der Waals surface area contributed by atoms with E-state index < -0.39 is 13.1 Å². The van der Waals surface area contributed by atoms with Crippen LogP contribution in [0.2, 0.25) is 0 Å². The van der Waals surface area contributed by atoms with Crippen molar-refractivity contribution in [3.63, 3.8) is 0 Å². The lowest BCUT2D eigenvalue weighted by molar-refractivity contribution is -0.256. The SMILES string of the molecule is Cc1ccc(SP(C)Nc2ccc3c(c2)C2(OCCCO2)C(=O)N3CC2CC2)cc1. The van der Waals surface area contributed by atoms with Crippen molar-refractivity contribution < 1.29 is 14.3 Å². The minimum Gasteiger partial charge on any atom is -0.356 e. The fourth-order valence-corrected chi connectivity index (χ4v) is 6.91. The Morgan fingerprint density at radius 2 is 1.90 bits per heavy atom. The van der Waals surface area contributed by atoms with E-state index >= 15 is 0 Å². The maximum Gasteiger partial charge on any atom is 0.292 e. The van der Waals surface area contributed by atoms with Gasteiger partial charge in [-0.25, -0.2) is 0 Å². The highest BCUT2D eigenvalue weighted by Crippen LogP contribution is 2.52. The Hall–Kier alpha value is -1.59. The molecule has 5 rings (SSSR count). The van der Waals surface area contributed by atoms with E-state index in [1.807, 2.05) is 22.3 Å². The largest absolute Gasteiger partial charge is 0.356 e. The molecule has 1 atom stereocenters. The predicted octanol–water partition coefficient (Wildman–Crippen LogP) is 5.49. The summed E-state index contributed by atoms with van der Waals surface area (Å²) in [5, 5.41) is 3.63. The first-order chi connectivity index (χ1) is 14.5. The Morgan fingerprint density at radius 1 is 1.17 bits per heavy atom. The number of ether oxygens (including phenoxy) is 2. The van der Waals surface area contributed by atoms with Crippen LogP contribution in [0, 0.1) is 12.8 Å². The number of amides is 1. The van der Waals surface area contributed by atoms with Crippen molar-refractivity contribution in [2.75, 3.05) is 36.4 Å². The lowest BCUT2D eigenvalue weighted by Gasteiger charge is -2.32. The summed E-state index contributed by atoms with van der Waals surface area (Å²) in [5.74, 6) is -0.720. The maximum atomic E-state index is 13.4. The van der Waals surface area contributed by atoms with Crippen LogP contribution in [0.4, 0.5) is 11.4 Å². The number of anilines is 2. The summed E-state index contributed by atoms with van der Waals surface area (Å²) < 4.78 is 12.0. The number of hydrogen-bond donors (Lipinski definition) is 1. The number of benzene rings is 2. The van der Waals surface area contributed by atoms with Crippen molar-refractivity contribution in [3.05, 3.63) is 53.6 Å². The van der Waals surface area contributed by atoms with Gasteiger partial charge in [0.05, 0.1) is 26.2 Å². The number of hydrogen-bond acceptors (Lipinski definition) is 5. The van der Waals surface area contributed by atoms with Gasteiger partial charge in [-0.2, -0.15) is 0 Å². The van der Waals surface area contributed by atoms with Gasteiger partial charge in [-0.3, -0.25) is 4.79 Å². The van der Waals surface area contributed by atoms with E-state index in [-0.39, 0.29) is 5.91 Å². The van der Waals surface area contributed by atoms with Gasteiger partial charge in [0.25, 0.3) is 11.7 Å². The molecule has 1 saturated carbocycles. The lowest BCUT2D eigenvalue weighted by Crippen LogP contribution is -2.47. The molecule has 1 saturated heterocycles. The van der Waals surface area contributed by atoms with Gasteiger partial charge >= 0.3 is 0 Å². The second kappa shape index (κ2) is 8.16. The monoisotopic (exact) mass is 442 g/mol. The zero-order valence-electron chi connectivity index (χ0n) is 17.4. The third-order valence-electron chi connectivity index (χ3n) is 5.76. The Bertz CT molecular complexity index is 942. The van der Waals surface area contributed by atoms with Gasteiger partial charge in [-0.1, -0.05) is 29.1 Å². The topological polar surface area (TPSA) is 50.8 Å². The van der Waals surface area contributed by atoms with E-state index in [0.717, 1.165) is 29.9 Å². The zero-order chi connectivity index (χ0) is 20.7. The highest BCUT2D eigenvalue weighted by atomic mass is 32.7. The molecule has 2 aromatic rings. The minimum absolute atomic E-state index is 0.0611. The van der Waals surface area contributed by atoms with Crippen LogP contribution in [0.5, 0.6) is 0 Å². The van der Waals surface area contributed by atoms with E-state index in [9.17, 15) is 4.79 Å². The Kier molecular flexibility index (Phi) is 5.53. The smallest absolute Gasteiger partial charge is 0.292 e. The molecule has 2 fully saturated rings. The number of carbonyl (C=O) groups is 1. The van der Waals surface area contributed by atoms with Gasteiger partial charge in [0.1, 0.15) is 0 Å². The maximum absolute atomic E-state index is 13.4. The molecule has 1 spiro atoms. The molecule has 2 aromatic carbocycles. The summed E-state index contributed by atoms with van der Waals surface area (Å²) in [7, 11) is -0.518. The first-order valence-electron chi connectivity index (χ1n) is 10.5. The van der Waals surface area contributed by atoms with E-state index in [1.54, 1.807) is 0 Å². The third kappa shape index (κ3) is 3.87. The van der Waals surface area contributed by atoms with Crippen molar-refractivity contribution in [2.45, 2.75) is 36.9 Å². The molecule has 5 nitrogen and oxygen atoms in total. The fourth-order valence-electron chi connectivity index (χ4n) is 4.02. The lowest BCUT2D eigenvalue weighted by atomic mass is 10.1. The Labute approximate surface area is 183 Å². The standard InChI is InChI=1S/C23H27N2O3PS/c1-16-4-9-19(10-5-16)30-29(2)24-18-8-11-21-20(14-18)23(27-12-3-13-28-23)22(26)25(21)15-17-6-7-17/h4-5,8-11,14,17,24H,3,6-7,12-13,15H2,1-2H3. The minimum atomic E-state index is -1.26. The predicted molar refractivity (Wildman–Crippen MR) is 123 cm³/mol. The van der Waals surface area contributed by atoms with Crippen LogP contribution in [0.3, 0.4) is 0 Å². The summed E-state index contributed by atoms with van der Waals surface area (Å²) >= 11 is 1.84. The number of rotatable bonds is 6. The van der Waals surface area contributed by atoms with Gasteiger partial charge in [0, 0.05) is 22.7 Å². The molecule has 30 heavy (non-hydrogen) atoms. The second-order valence-electron chi connectivity index (χ2n) is 8.27. The first kappa shape index (κ1) is 20.3. The van der Waals surface area contributed by atoms with Gasteiger partial charge < -0.3 is 19.5 Å². The van der Waals surface area contributed by atoms with Crippen LogP contribution in [-0.2, 0) is 20.1 Å². The number of nitrogens with one attached hydrogen (secondary N) is 1. The van der Waals surface area contributed by atoms with Crippen molar-refractivity contribution >= 4 is 35.9 Å². The molecule has 158 valence electrons. The van der Waals surface area contributed by atoms with Crippen molar-refractivity contribution in [1.82, 2.24) is 0 Å². The summed E-state index contributed by atoms with van der Waals surface area (Å²) in [6, 6.07) is 14.8. The Morgan fingerprint density at radius 3 is 2.60 bits per heavy atom. The van der Waals surface area contributed by atoms with Crippen LogP contribution in [0.1, 0.15) is 30.4 Å². The Balaban J connectivity index is 1.39. The van der Waals surface area contributed by atoms with Crippen molar-refractivity contribution in [3.8, 4) is 0 Å². The average molecular weight is 443 g/mol. The number of fused-ring (bicyclic) bond motifs is 2. The third-order valence-corrected chi connectivity index (χ3v) is 8.81. The average Bonchev–Trinajstić information content (AvgIpc) is 3.55. The molecule has 1 N–H and O–H groups in total. The molecule has 7 heteroatoms. The summed E-state index contributed by atoms with van der Waals surface area (Å²) in [5.41, 5.74) is 4.05. The molecule has 1 aliphatic carbocycles. The highest BCUT2D eigenvalue weighted by molar-refractivity contribution is 8.56. The molecule has 0 radical (unpaired) electrons. The molecule has 0 bridgehead atoms. The zero-order valence-corrected chi connectivity index (χ0v) is 19.1. The van der Waals surface area contributed by atoms with E-state index in [0.29, 0.717) is 19.1 Å². The van der Waals surface area contributed by atoms with Crippen molar-refractivity contribution in [1.29, 1.82) is 0 Å². The van der Waals surface area contributed by atoms with Crippen LogP contribution in [0.15, 0.2) is 47.4 Å². The molecule has 2 heterocycles. The highest BCUT2D eigenvalue weighted by Gasteiger charge is 2.55. The normalized spacial score (nSPS) is 21.0. The van der Waals surface area contributed by atoms with Gasteiger partial charge in [-0.15, -0.1) is 0 Å². The molecular weight excluding hydrogens is 415 g/mol. The number of carbonyl (C=O) groups excluding carboxylic acids is 1. The van der Waals surface area contributed by atoms with E-state index in [2.05, 4.69) is 55.1 Å². The molecule has 3 aliphatic rings. The first-order valence-corrected chi connectivity index (χ1v) is 13.8. The summed E-state index contributed by atoms with van der Waals surface area (Å²) in [6.07, 6.45) is 3.21. The summed E-state index contributed by atoms with van der Waals surface area (Å²) in [4.78, 5) is 16.5. The second-order valence-corrected chi connectivity index (χ2v) is 12.3. The number of aryl methyl sites for hydroxylation is 1. The van der Waals surface area contributed by atoms with E-state index in [4.69, 9.17) is 9.47 Å². The van der Waals surface area contributed by atoms with Crippen molar-refractivity contribution in [2.24, 2.45) is 5.92 Å².